The van der Waals surface area contributed by atoms with Crippen LogP contribution in [0.3, 0.4) is 0 Å². The molecule has 0 atom stereocenters. The number of anilines is 1. The topological polar surface area (TPSA) is 53.6 Å². The van der Waals surface area contributed by atoms with Crippen LogP contribution >= 0.6 is 0 Å². The second-order valence-electron chi connectivity index (χ2n) is 4.64. The van der Waals surface area contributed by atoms with Gasteiger partial charge >= 0.3 is 6.18 Å². The molecule has 0 fully saturated rings. The van der Waals surface area contributed by atoms with Gasteiger partial charge in [-0.25, -0.2) is 0 Å². The molecule has 0 unspecified atom stereocenters. The summed E-state index contributed by atoms with van der Waals surface area (Å²) in [5.41, 5.74) is 0.653. The lowest BCUT2D eigenvalue weighted by molar-refractivity contribution is -0.137. The van der Waals surface area contributed by atoms with Crippen LogP contribution in [0, 0.1) is 18.3 Å². The fraction of sp³-hybridized carbons (Fsp3) is 0.286. The van der Waals surface area contributed by atoms with E-state index in [1.807, 2.05) is 0 Å². The quantitative estimate of drug-likeness (QED) is 0.945. The van der Waals surface area contributed by atoms with Crippen molar-refractivity contribution in [3.05, 3.63) is 46.8 Å². The summed E-state index contributed by atoms with van der Waals surface area (Å²) in [5, 5.41) is 15.6. The van der Waals surface area contributed by atoms with Gasteiger partial charge in [-0.15, -0.1) is 0 Å². The molecule has 1 N–H and O–H groups in total. The van der Waals surface area contributed by atoms with Crippen LogP contribution in [0.5, 0.6) is 0 Å². The van der Waals surface area contributed by atoms with Crippen molar-refractivity contribution < 1.29 is 13.2 Å². The zero-order chi connectivity index (χ0) is 15.6. The summed E-state index contributed by atoms with van der Waals surface area (Å²) in [6.07, 6.45) is -2.77. The predicted octanol–water partition coefficient (Wildman–Crippen LogP) is 3.23. The Kier molecular flexibility index (Phi) is 3.89. The highest BCUT2D eigenvalue weighted by Crippen LogP contribution is 2.35. The van der Waals surface area contributed by atoms with Crippen molar-refractivity contribution in [3.8, 4) is 6.07 Å². The average molecular weight is 294 g/mol. The van der Waals surface area contributed by atoms with Crippen molar-refractivity contribution in [1.82, 2.24) is 9.78 Å². The number of hydrogen-bond donors (Lipinski definition) is 1. The summed E-state index contributed by atoms with van der Waals surface area (Å²) < 4.78 is 40.6. The zero-order valence-corrected chi connectivity index (χ0v) is 11.5. The van der Waals surface area contributed by atoms with Crippen LogP contribution in [0.1, 0.15) is 22.4 Å². The summed E-state index contributed by atoms with van der Waals surface area (Å²) in [5.74, 6) is 0. The lowest BCUT2D eigenvalue weighted by Crippen LogP contribution is -2.11. The number of alkyl halides is 3. The zero-order valence-electron chi connectivity index (χ0n) is 11.5. The molecule has 0 aliphatic heterocycles. The van der Waals surface area contributed by atoms with E-state index in [1.165, 1.54) is 12.1 Å². The van der Waals surface area contributed by atoms with Gasteiger partial charge in [-0.3, -0.25) is 4.68 Å². The molecular formula is C14H13F3N4. The van der Waals surface area contributed by atoms with Crippen LogP contribution in [0.4, 0.5) is 18.9 Å². The van der Waals surface area contributed by atoms with Gasteiger partial charge in [0.2, 0.25) is 0 Å². The summed E-state index contributed by atoms with van der Waals surface area (Å²) in [6.45, 7) is 2.02. The molecule has 0 saturated heterocycles. The minimum atomic E-state index is -4.51. The fourth-order valence-corrected chi connectivity index (χ4v) is 2.02. The first-order valence-corrected chi connectivity index (χ1v) is 6.15. The Hall–Kier alpha value is -2.49. The van der Waals surface area contributed by atoms with E-state index in [-0.39, 0.29) is 17.8 Å². The second-order valence-corrected chi connectivity index (χ2v) is 4.64. The molecule has 110 valence electrons. The first-order chi connectivity index (χ1) is 9.81. The number of nitrogens with zero attached hydrogens (tertiary/aromatic N) is 3. The van der Waals surface area contributed by atoms with Crippen LogP contribution < -0.4 is 5.32 Å². The Morgan fingerprint density at radius 1 is 1.38 bits per heavy atom. The van der Waals surface area contributed by atoms with Gasteiger partial charge in [-0.1, -0.05) is 0 Å². The molecule has 2 rings (SSSR count). The molecule has 0 spiro atoms. The minimum absolute atomic E-state index is 0.0227. The summed E-state index contributed by atoms with van der Waals surface area (Å²) in [4.78, 5) is 0. The lowest BCUT2D eigenvalue weighted by Gasteiger charge is -2.14. The molecule has 0 saturated carbocycles. The van der Waals surface area contributed by atoms with Gasteiger partial charge < -0.3 is 5.32 Å². The van der Waals surface area contributed by atoms with Crippen molar-refractivity contribution in [2.24, 2.45) is 7.05 Å². The fourth-order valence-electron chi connectivity index (χ4n) is 2.02. The molecule has 2 aromatic rings. The van der Waals surface area contributed by atoms with Crippen LogP contribution in [-0.2, 0) is 19.8 Å². The number of halogens is 3. The molecule has 0 aliphatic rings. The Morgan fingerprint density at radius 3 is 2.62 bits per heavy atom. The van der Waals surface area contributed by atoms with Crippen LogP contribution in [-0.4, -0.2) is 9.78 Å². The maximum atomic E-state index is 13.0. The van der Waals surface area contributed by atoms with Gasteiger partial charge in [0, 0.05) is 31.0 Å². The Morgan fingerprint density at radius 2 is 2.10 bits per heavy atom. The largest absolute Gasteiger partial charge is 0.418 e. The SMILES string of the molecule is Cc1nn(C)cc1CNc1ccc(C#N)cc1C(F)(F)F. The van der Waals surface area contributed by atoms with Crippen LogP contribution in [0.2, 0.25) is 0 Å². The van der Waals surface area contributed by atoms with Crippen molar-refractivity contribution >= 4 is 5.69 Å². The molecule has 1 heterocycles. The number of benzene rings is 1. The first kappa shape index (κ1) is 14.9. The van der Waals surface area contributed by atoms with Crippen molar-refractivity contribution in [1.29, 1.82) is 5.26 Å². The third-order valence-corrected chi connectivity index (χ3v) is 3.04. The molecule has 0 aliphatic carbocycles. The minimum Gasteiger partial charge on any atom is -0.380 e. The molecule has 0 radical (unpaired) electrons. The summed E-state index contributed by atoms with van der Waals surface area (Å²) >= 11 is 0. The lowest BCUT2D eigenvalue weighted by atomic mass is 10.1. The van der Waals surface area contributed by atoms with E-state index in [9.17, 15) is 13.2 Å². The Balaban J connectivity index is 2.28. The number of aromatic nitrogens is 2. The molecule has 4 nitrogen and oxygen atoms in total. The summed E-state index contributed by atoms with van der Waals surface area (Å²) in [7, 11) is 1.75. The highest BCUT2D eigenvalue weighted by atomic mass is 19.4. The molecule has 21 heavy (non-hydrogen) atoms. The molecule has 7 heteroatoms. The monoisotopic (exact) mass is 294 g/mol. The third kappa shape index (κ3) is 3.34. The van der Waals surface area contributed by atoms with Crippen molar-refractivity contribution in [2.75, 3.05) is 5.32 Å². The molecule has 1 aromatic heterocycles. The maximum absolute atomic E-state index is 13.0. The Bertz CT molecular complexity index is 695. The van der Waals surface area contributed by atoms with Crippen LogP contribution in [0.25, 0.3) is 0 Å². The highest BCUT2D eigenvalue weighted by Gasteiger charge is 2.33. The van der Waals surface area contributed by atoms with Gasteiger partial charge in [0.15, 0.2) is 0 Å². The predicted molar refractivity (Wildman–Crippen MR) is 71.4 cm³/mol. The van der Waals surface area contributed by atoms with Gasteiger partial charge in [-0.2, -0.15) is 23.5 Å². The van der Waals surface area contributed by atoms with Crippen molar-refractivity contribution in [3.63, 3.8) is 0 Å². The molecule has 0 amide bonds. The second kappa shape index (κ2) is 5.48. The van der Waals surface area contributed by atoms with E-state index in [1.54, 1.807) is 30.9 Å². The van der Waals surface area contributed by atoms with Crippen molar-refractivity contribution in [2.45, 2.75) is 19.6 Å². The van der Waals surface area contributed by atoms with E-state index in [0.29, 0.717) is 0 Å². The van der Waals surface area contributed by atoms with Gasteiger partial charge in [0.25, 0.3) is 0 Å². The number of aryl methyl sites for hydroxylation is 2. The third-order valence-electron chi connectivity index (χ3n) is 3.04. The molecule has 1 aromatic carbocycles. The van der Waals surface area contributed by atoms with E-state index in [4.69, 9.17) is 5.26 Å². The van der Waals surface area contributed by atoms with E-state index < -0.39 is 11.7 Å². The van der Waals surface area contributed by atoms with E-state index in [0.717, 1.165) is 17.3 Å². The number of nitriles is 1. The van der Waals surface area contributed by atoms with Gasteiger partial charge in [-0.05, 0) is 25.1 Å². The highest BCUT2D eigenvalue weighted by molar-refractivity contribution is 5.56. The first-order valence-electron chi connectivity index (χ1n) is 6.15. The van der Waals surface area contributed by atoms with Crippen LogP contribution in [0.15, 0.2) is 24.4 Å². The van der Waals surface area contributed by atoms with E-state index >= 15 is 0 Å². The smallest absolute Gasteiger partial charge is 0.380 e. The normalized spacial score (nSPS) is 11.2. The Labute approximate surface area is 119 Å². The standard InChI is InChI=1S/C14H13F3N4/c1-9-11(8-21(2)20-9)7-19-13-4-3-10(6-18)5-12(13)14(15,16)17/h3-5,8,19H,7H2,1-2H3. The number of nitrogens with one attached hydrogen (secondary N) is 1. The molecule has 0 bridgehead atoms. The summed E-state index contributed by atoms with van der Waals surface area (Å²) in [6, 6.07) is 5.18. The number of rotatable bonds is 3. The number of hydrogen-bond acceptors (Lipinski definition) is 3. The molecular weight excluding hydrogens is 281 g/mol. The van der Waals surface area contributed by atoms with Gasteiger partial charge in [0.05, 0.1) is 22.9 Å². The average Bonchev–Trinajstić information content (AvgIpc) is 2.73. The maximum Gasteiger partial charge on any atom is 0.418 e. The van der Waals surface area contributed by atoms with E-state index in [2.05, 4.69) is 10.4 Å². The van der Waals surface area contributed by atoms with Gasteiger partial charge in [0.1, 0.15) is 0 Å².